The summed E-state index contributed by atoms with van der Waals surface area (Å²) in [4.78, 5) is 18.5. The molecule has 1 fully saturated rings. The molecule has 2 rings (SSSR count). The van der Waals surface area contributed by atoms with E-state index in [-0.39, 0.29) is 5.91 Å². The van der Waals surface area contributed by atoms with Gasteiger partial charge in [-0.3, -0.25) is 4.79 Å². The monoisotopic (exact) mass is 275 g/mol. The van der Waals surface area contributed by atoms with Crippen LogP contribution in [0.5, 0.6) is 0 Å². The third-order valence-corrected chi connectivity index (χ3v) is 3.92. The van der Waals surface area contributed by atoms with Crippen molar-refractivity contribution in [3.05, 3.63) is 23.9 Å². The maximum atomic E-state index is 12.4. The smallest absolute Gasteiger partial charge is 0.253 e. The zero-order valence-corrected chi connectivity index (χ0v) is 12.6. The molecule has 110 valence electrons. The fourth-order valence-electron chi connectivity index (χ4n) is 2.80. The Morgan fingerprint density at radius 1 is 1.45 bits per heavy atom. The van der Waals surface area contributed by atoms with Gasteiger partial charge < -0.3 is 10.2 Å². The van der Waals surface area contributed by atoms with E-state index in [1.165, 1.54) is 25.7 Å². The summed E-state index contributed by atoms with van der Waals surface area (Å²) in [5.74, 6) is 1.56. The third-order valence-electron chi connectivity index (χ3n) is 3.92. The molecule has 1 aliphatic carbocycles. The van der Waals surface area contributed by atoms with Gasteiger partial charge in [0, 0.05) is 31.9 Å². The zero-order chi connectivity index (χ0) is 14.4. The summed E-state index contributed by atoms with van der Waals surface area (Å²) >= 11 is 0. The first kappa shape index (κ1) is 14.8. The van der Waals surface area contributed by atoms with Gasteiger partial charge in [-0.25, -0.2) is 4.98 Å². The van der Waals surface area contributed by atoms with Gasteiger partial charge in [-0.15, -0.1) is 0 Å². The Morgan fingerprint density at radius 3 is 2.90 bits per heavy atom. The molecule has 1 aromatic heterocycles. The molecule has 0 atom stereocenters. The van der Waals surface area contributed by atoms with Crippen molar-refractivity contribution in [2.75, 3.05) is 25.5 Å². The highest BCUT2D eigenvalue weighted by atomic mass is 16.2. The highest BCUT2D eigenvalue weighted by molar-refractivity contribution is 5.94. The van der Waals surface area contributed by atoms with E-state index in [1.54, 1.807) is 12.3 Å². The first-order valence-electron chi connectivity index (χ1n) is 7.66. The largest absolute Gasteiger partial charge is 0.370 e. The molecule has 4 nitrogen and oxygen atoms in total. The Hall–Kier alpha value is -1.58. The number of carbonyl (C=O) groups excluding carboxylic acids is 1. The van der Waals surface area contributed by atoms with Crippen molar-refractivity contribution < 1.29 is 4.79 Å². The Kier molecular flexibility index (Phi) is 5.39. The van der Waals surface area contributed by atoms with Crippen molar-refractivity contribution in [3.63, 3.8) is 0 Å². The molecule has 0 aliphatic heterocycles. The van der Waals surface area contributed by atoms with Crippen molar-refractivity contribution in [2.24, 2.45) is 5.92 Å². The highest BCUT2D eigenvalue weighted by Crippen LogP contribution is 2.25. The van der Waals surface area contributed by atoms with Gasteiger partial charge in [0.2, 0.25) is 0 Å². The van der Waals surface area contributed by atoms with Gasteiger partial charge >= 0.3 is 0 Å². The standard InChI is InChI=1S/C16H25N3O/c1-3-9-17-15-11-14(8-10-18-15)16(20)19(2)12-13-6-4-5-7-13/h8,10-11,13H,3-7,9,12H2,1-2H3,(H,17,18). The molecule has 1 aromatic rings. The lowest BCUT2D eigenvalue weighted by atomic mass is 10.1. The average Bonchev–Trinajstić information content (AvgIpc) is 2.97. The number of carbonyl (C=O) groups is 1. The lowest BCUT2D eigenvalue weighted by molar-refractivity contribution is 0.0773. The van der Waals surface area contributed by atoms with Crippen LogP contribution in [0.2, 0.25) is 0 Å². The normalized spacial score (nSPS) is 15.3. The lowest BCUT2D eigenvalue weighted by Crippen LogP contribution is -2.31. The number of hydrogen-bond donors (Lipinski definition) is 1. The van der Waals surface area contributed by atoms with Gasteiger partial charge in [0.1, 0.15) is 5.82 Å². The molecule has 0 aromatic carbocycles. The summed E-state index contributed by atoms with van der Waals surface area (Å²) in [6.07, 6.45) is 7.89. The van der Waals surface area contributed by atoms with Crippen LogP contribution in [0.25, 0.3) is 0 Å². The number of rotatable bonds is 6. The van der Waals surface area contributed by atoms with Crippen LogP contribution in [0.1, 0.15) is 49.4 Å². The number of nitrogens with zero attached hydrogens (tertiary/aromatic N) is 2. The molecule has 0 unspecified atom stereocenters. The predicted octanol–water partition coefficient (Wildman–Crippen LogP) is 3.17. The maximum absolute atomic E-state index is 12.4. The molecule has 0 saturated heterocycles. The second kappa shape index (κ2) is 7.27. The molecule has 20 heavy (non-hydrogen) atoms. The minimum Gasteiger partial charge on any atom is -0.370 e. The van der Waals surface area contributed by atoms with E-state index in [9.17, 15) is 4.79 Å². The molecule has 0 bridgehead atoms. The number of aromatic nitrogens is 1. The van der Waals surface area contributed by atoms with Gasteiger partial charge in [0.15, 0.2) is 0 Å². The molecule has 1 heterocycles. The molecular weight excluding hydrogens is 250 g/mol. The van der Waals surface area contributed by atoms with E-state index in [2.05, 4.69) is 17.2 Å². The van der Waals surface area contributed by atoms with Crippen LogP contribution in [-0.2, 0) is 0 Å². The van der Waals surface area contributed by atoms with Crippen molar-refractivity contribution in [1.82, 2.24) is 9.88 Å². The maximum Gasteiger partial charge on any atom is 0.253 e. The predicted molar refractivity (Wildman–Crippen MR) is 81.9 cm³/mol. The fraction of sp³-hybridized carbons (Fsp3) is 0.625. The summed E-state index contributed by atoms with van der Waals surface area (Å²) in [6, 6.07) is 3.65. The molecular formula is C16H25N3O. The lowest BCUT2D eigenvalue weighted by Gasteiger charge is -2.21. The minimum atomic E-state index is 0.0962. The topological polar surface area (TPSA) is 45.2 Å². The Labute approximate surface area is 121 Å². The molecule has 1 saturated carbocycles. The Morgan fingerprint density at radius 2 is 2.20 bits per heavy atom. The number of nitrogens with one attached hydrogen (secondary N) is 1. The summed E-state index contributed by atoms with van der Waals surface area (Å²) in [5, 5.41) is 3.22. The number of amides is 1. The highest BCUT2D eigenvalue weighted by Gasteiger charge is 2.20. The van der Waals surface area contributed by atoms with Crippen molar-refractivity contribution >= 4 is 11.7 Å². The summed E-state index contributed by atoms with van der Waals surface area (Å²) < 4.78 is 0. The van der Waals surface area contributed by atoms with E-state index in [1.807, 2.05) is 18.0 Å². The van der Waals surface area contributed by atoms with Crippen molar-refractivity contribution in [2.45, 2.75) is 39.0 Å². The van der Waals surface area contributed by atoms with Crippen LogP contribution in [-0.4, -0.2) is 35.9 Å². The zero-order valence-electron chi connectivity index (χ0n) is 12.6. The summed E-state index contributed by atoms with van der Waals surface area (Å²) in [7, 11) is 1.90. The number of pyridine rings is 1. The number of hydrogen-bond acceptors (Lipinski definition) is 3. The summed E-state index contributed by atoms with van der Waals surface area (Å²) in [6.45, 7) is 3.86. The van der Waals surface area contributed by atoms with Gasteiger partial charge in [-0.2, -0.15) is 0 Å². The first-order chi connectivity index (χ1) is 9.70. The van der Waals surface area contributed by atoms with Gasteiger partial charge in [-0.05, 0) is 37.3 Å². The first-order valence-corrected chi connectivity index (χ1v) is 7.66. The summed E-state index contributed by atoms with van der Waals surface area (Å²) in [5.41, 5.74) is 0.721. The molecule has 0 spiro atoms. The third kappa shape index (κ3) is 3.95. The molecule has 1 amide bonds. The van der Waals surface area contributed by atoms with Crippen LogP contribution < -0.4 is 5.32 Å². The van der Waals surface area contributed by atoms with Crippen LogP contribution in [0, 0.1) is 5.92 Å². The van der Waals surface area contributed by atoms with Crippen molar-refractivity contribution in [3.8, 4) is 0 Å². The SMILES string of the molecule is CCCNc1cc(C(=O)N(C)CC2CCCC2)ccn1. The quantitative estimate of drug-likeness (QED) is 0.867. The Bertz CT molecular complexity index is 441. The second-order valence-corrected chi connectivity index (χ2v) is 5.69. The van der Waals surface area contributed by atoms with E-state index >= 15 is 0 Å². The van der Waals surface area contributed by atoms with Crippen LogP contribution >= 0.6 is 0 Å². The molecule has 1 aliphatic rings. The van der Waals surface area contributed by atoms with Crippen LogP contribution in [0.4, 0.5) is 5.82 Å². The van der Waals surface area contributed by atoms with E-state index in [0.29, 0.717) is 5.92 Å². The molecule has 1 N–H and O–H groups in total. The number of anilines is 1. The molecule has 0 radical (unpaired) electrons. The van der Waals surface area contributed by atoms with Crippen molar-refractivity contribution in [1.29, 1.82) is 0 Å². The minimum absolute atomic E-state index is 0.0962. The molecule has 4 heteroatoms. The van der Waals surface area contributed by atoms with Gasteiger partial charge in [0.25, 0.3) is 5.91 Å². The van der Waals surface area contributed by atoms with Crippen LogP contribution in [0.15, 0.2) is 18.3 Å². The average molecular weight is 275 g/mol. The van der Waals surface area contributed by atoms with Gasteiger partial charge in [-0.1, -0.05) is 19.8 Å². The van der Waals surface area contributed by atoms with E-state index in [4.69, 9.17) is 0 Å². The van der Waals surface area contributed by atoms with Gasteiger partial charge in [0.05, 0.1) is 0 Å². The van der Waals surface area contributed by atoms with E-state index in [0.717, 1.165) is 30.9 Å². The van der Waals surface area contributed by atoms with Crippen LogP contribution in [0.3, 0.4) is 0 Å². The second-order valence-electron chi connectivity index (χ2n) is 5.69. The van der Waals surface area contributed by atoms with E-state index < -0.39 is 0 Å². The fourth-order valence-corrected chi connectivity index (χ4v) is 2.80. The Balaban J connectivity index is 1.96.